The highest BCUT2D eigenvalue weighted by Gasteiger charge is 2.12. The van der Waals surface area contributed by atoms with Crippen molar-refractivity contribution in [2.75, 3.05) is 12.0 Å². The lowest BCUT2D eigenvalue weighted by Gasteiger charge is -2.05. The summed E-state index contributed by atoms with van der Waals surface area (Å²) >= 11 is 0. The largest absolute Gasteiger partial charge is 0.481 e. The fourth-order valence-corrected chi connectivity index (χ4v) is 2.02. The zero-order chi connectivity index (χ0) is 11.6. The molecule has 3 N–H and O–H groups in total. The maximum Gasteiger partial charge on any atom is 0.307 e. The van der Waals surface area contributed by atoms with Crippen LogP contribution in [0, 0.1) is 0 Å². The van der Waals surface area contributed by atoms with Crippen molar-refractivity contribution in [2.24, 2.45) is 0 Å². The molecular weight excluding hydrogens is 218 g/mol. The molecule has 1 aromatic carbocycles. The summed E-state index contributed by atoms with van der Waals surface area (Å²) < 4.78 is 22.4. The highest BCUT2D eigenvalue weighted by molar-refractivity contribution is 7.90. The van der Waals surface area contributed by atoms with Crippen molar-refractivity contribution in [1.29, 1.82) is 0 Å². The lowest BCUT2D eigenvalue weighted by molar-refractivity contribution is -0.136. The summed E-state index contributed by atoms with van der Waals surface area (Å²) in [5.74, 6) is -0.985. The maximum absolute atomic E-state index is 11.2. The Morgan fingerprint density at radius 1 is 1.47 bits per heavy atom. The number of aliphatic carboxylic acids is 1. The Morgan fingerprint density at radius 3 is 2.47 bits per heavy atom. The first kappa shape index (κ1) is 11.5. The van der Waals surface area contributed by atoms with Crippen molar-refractivity contribution in [3.63, 3.8) is 0 Å². The number of hydrogen-bond acceptors (Lipinski definition) is 4. The van der Waals surface area contributed by atoms with E-state index in [4.69, 9.17) is 10.8 Å². The summed E-state index contributed by atoms with van der Waals surface area (Å²) in [6.07, 6.45) is 0.879. The van der Waals surface area contributed by atoms with Gasteiger partial charge in [-0.3, -0.25) is 4.79 Å². The smallest absolute Gasteiger partial charge is 0.307 e. The summed E-state index contributed by atoms with van der Waals surface area (Å²) in [7, 11) is -3.35. The first-order valence-electron chi connectivity index (χ1n) is 4.11. The number of hydrogen-bond donors (Lipinski definition) is 2. The van der Waals surface area contributed by atoms with Crippen LogP contribution in [0.15, 0.2) is 23.1 Å². The Kier molecular flexibility index (Phi) is 2.99. The third-order valence-corrected chi connectivity index (χ3v) is 3.00. The molecule has 0 aliphatic heterocycles. The molecule has 15 heavy (non-hydrogen) atoms. The van der Waals surface area contributed by atoms with Gasteiger partial charge in [0.15, 0.2) is 9.84 Å². The monoisotopic (exact) mass is 229 g/mol. The molecule has 5 nitrogen and oxygen atoms in total. The van der Waals surface area contributed by atoms with E-state index in [1.807, 2.05) is 0 Å². The van der Waals surface area contributed by atoms with E-state index in [9.17, 15) is 13.2 Å². The molecule has 1 aromatic rings. The molecule has 0 atom stereocenters. The van der Waals surface area contributed by atoms with Gasteiger partial charge in [-0.15, -0.1) is 0 Å². The van der Waals surface area contributed by atoms with Crippen molar-refractivity contribution in [3.05, 3.63) is 23.8 Å². The van der Waals surface area contributed by atoms with E-state index >= 15 is 0 Å². The fourth-order valence-electron chi connectivity index (χ4n) is 1.22. The van der Waals surface area contributed by atoms with Crippen molar-refractivity contribution in [2.45, 2.75) is 11.3 Å². The van der Waals surface area contributed by atoms with Crippen molar-refractivity contribution >= 4 is 21.5 Å². The molecule has 0 heterocycles. The second-order valence-corrected chi connectivity index (χ2v) is 5.20. The molecule has 0 fully saturated rings. The van der Waals surface area contributed by atoms with Gasteiger partial charge in [0.2, 0.25) is 0 Å². The summed E-state index contributed by atoms with van der Waals surface area (Å²) in [4.78, 5) is 10.4. The summed E-state index contributed by atoms with van der Waals surface area (Å²) in [5, 5.41) is 8.53. The molecular formula is C9H11NO4S. The van der Waals surface area contributed by atoms with E-state index < -0.39 is 15.8 Å². The molecule has 0 aromatic heterocycles. The third kappa shape index (κ3) is 2.95. The molecule has 82 valence electrons. The number of carbonyl (C=O) groups is 1. The van der Waals surface area contributed by atoms with E-state index in [2.05, 4.69) is 0 Å². The van der Waals surface area contributed by atoms with Crippen LogP contribution in [-0.2, 0) is 21.1 Å². The zero-order valence-corrected chi connectivity index (χ0v) is 8.91. The highest BCUT2D eigenvalue weighted by Crippen LogP contribution is 2.19. The molecule has 0 bridgehead atoms. The minimum atomic E-state index is -3.35. The van der Waals surface area contributed by atoms with Crippen molar-refractivity contribution in [1.82, 2.24) is 0 Å². The molecule has 0 aliphatic rings. The number of rotatable bonds is 3. The van der Waals surface area contributed by atoms with Crippen LogP contribution in [-0.4, -0.2) is 25.7 Å². The van der Waals surface area contributed by atoms with Crippen LogP contribution in [0.4, 0.5) is 5.69 Å². The first-order chi connectivity index (χ1) is 6.80. The van der Waals surface area contributed by atoms with Crippen LogP contribution >= 0.6 is 0 Å². The van der Waals surface area contributed by atoms with Gasteiger partial charge in [-0.1, -0.05) is 6.07 Å². The predicted molar refractivity (Wildman–Crippen MR) is 55.3 cm³/mol. The molecule has 0 amide bonds. The quantitative estimate of drug-likeness (QED) is 0.726. The molecule has 0 unspecified atom stereocenters. The number of benzene rings is 1. The zero-order valence-electron chi connectivity index (χ0n) is 8.10. The number of nitrogens with two attached hydrogens (primary N) is 1. The Labute approximate surface area is 87.4 Å². The Balaban J connectivity index is 3.15. The minimum absolute atomic E-state index is 0.0247. The van der Waals surface area contributed by atoms with Crippen LogP contribution in [0.2, 0.25) is 0 Å². The van der Waals surface area contributed by atoms with Gasteiger partial charge in [-0.25, -0.2) is 8.42 Å². The van der Waals surface area contributed by atoms with E-state index in [1.54, 1.807) is 0 Å². The van der Waals surface area contributed by atoms with Crippen LogP contribution in [0.1, 0.15) is 5.56 Å². The average Bonchev–Trinajstić information content (AvgIpc) is 1.99. The summed E-state index contributed by atoms with van der Waals surface area (Å²) in [5.41, 5.74) is 6.07. The van der Waals surface area contributed by atoms with Crippen molar-refractivity contribution in [3.8, 4) is 0 Å². The number of carboxylic acids is 1. The lowest BCUT2D eigenvalue weighted by atomic mass is 10.1. The van der Waals surface area contributed by atoms with E-state index in [0.717, 1.165) is 6.26 Å². The molecule has 0 saturated carbocycles. The normalized spacial score (nSPS) is 11.3. The number of sulfone groups is 1. The van der Waals surface area contributed by atoms with Gasteiger partial charge in [-0.2, -0.15) is 0 Å². The Morgan fingerprint density at radius 2 is 2.07 bits per heavy atom. The molecule has 0 saturated heterocycles. The van der Waals surface area contributed by atoms with Gasteiger partial charge in [0.1, 0.15) is 0 Å². The van der Waals surface area contributed by atoms with E-state index in [0.29, 0.717) is 5.56 Å². The highest BCUT2D eigenvalue weighted by atomic mass is 32.2. The van der Waals surface area contributed by atoms with Gasteiger partial charge in [0.05, 0.1) is 17.0 Å². The van der Waals surface area contributed by atoms with Crippen LogP contribution in [0.25, 0.3) is 0 Å². The second kappa shape index (κ2) is 3.90. The van der Waals surface area contributed by atoms with Crippen LogP contribution in [0.3, 0.4) is 0 Å². The molecule has 0 radical (unpaired) electrons. The van der Waals surface area contributed by atoms with E-state index in [-0.39, 0.29) is 17.0 Å². The minimum Gasteiger partial charge on any atom is -0.481 e. The molecule has 1 rings (SSSR count). The summed E-state index contributed by atoms with van der Waals surface area (Å²) in [6, 6.07) is 4.13. The number of nitrogen functional groups attached to an aromatic ring is 1. The van der Waals surface area contributed by atoms with Crippen LogP contribution in [0.5, 0.6) is 0 Å². The number of anilines is 1. The van der Waals surface area contributed by atoms with Gasteiger partial charge < -0.3 is 10.8 Å². The van der Waals surface area contributed by atoms with Gasteiger partial charge in [0, 0.05) is 6.26 Å². The average molecular weight is 229 g/mol. The second-order valence-electron chi connectivity index (χ2n) is 3.21. The Bertz CT molecular complexity index is 493. The number of carboxylic acid groups (broad SMARTS) is 1. The molecule has 0 aliphatic carbocycles. The SMILES string of the molecule is CS(=O)(=O)c1ccc(CC(=O)O)cc1N. The third-order valence-electron chi connectivity index (χ3n) is 1.83. The standard InChI is InChI=1S/C9H11NO4S/c1-15(13,14)8-3-2-6(4-7(8)10)5-9(11)12/h2-4H,5,10H2,1H3,(H,11,12). The fraction of sp³-hybridized carbons (Fsp3) is 0.222. The summed E-state index contributed by atoms with van der Waals surface area (Å²) in [6.45, 7) is 0. The first-order valence-corrected chi connectivity index (χ1v) is 6.00. The topological polar surface area (TPSA) is 97.5 Å². The van der Waals surface area contributed by atoms with Gasteiger partial charge in [-0.05, 0) is 17.7 Å². The predicted octanol–water partition coefficient (Wildman–Crippen LogP) is 0.299. The van der Waals surface area contributed by atoms with Gasteiger partial charge >= 0.3 is 5.97 Å². The molecule has 0 spiro atoms. The van der Waals surface area contributed by atoms with Gasteiger partial charge in [0.25, 0.3) is 0 Å². The van der Waals surface area contributed by atoms with Crippen LogP contribution < -0.4 is 5.73 Å². The lowest BCUT2D eigenvalue weighted by Crippen LogP contribution is -2.05. The van der Waals surface area contributed by atoms with E-state index in [1.165, 1.54) is 18.2 Å². The maximum atomic E-state index is 11.2. The molecule has 6 heteroatoms. The Hall–Kier alpha value is -1.56. The van der Waals surface area contributed by atoms with Crippen molar-refractivity contribution < 1.29 is 18.3 Å².